The third kappa shape index (κ3) is 5.00. The number of phenols is 1. The number of ether oxygens (including phenoxy) is 1. The number of carboxylic acid groups (broad SMARTS) is 1. The van der Waals surface area contributed by atoms with Crippen LogP contribution in [-0.4, -0.2) is 51.8 Å². The average molecular weight is 410 g/mol. The van der Waals surface area contributed by atoms with Crippen LogP contribution in [0.15, 0.2) is 36.4 Å². The van der Waals surface area contributed by atoms with Crippen molar-refractivity contribution in [3.63, 3.8) is 0 Å². The van der Waals surface area contributed by atoms with Crippen molar-refractivity contribution in [1.29, 1.82) is 0 Å². The maximum Gasteiger partial charge on any atom is 0.341 e. The minimum Gasteiger partial charge on any atom is -0.508 e. The zero-order valence-corrected chi connectivity index (χ0v) is 16.4. The summed E-state index contributed by atoms with van der Waals surface area (Å²) in [6, 6.07) is 10.2. The van der Waals surface area contributed by atoms with Crippen molar-refractivity contribution < 1.29 is 24.5 Å². The van der Waals surface area contributed by atoms with E-state index < -0.39 is 12.6 Å². The van der Waals surface area contributed by atoms with Crippen LogP contribution in [0.25, 0.3) is 22.2 Å². The monoisotopic (exact) mass is 410 g/mol. The van der Waals surface area contributed by atoms with Crippen molar-refractivity contribution in [2.75, 3.05) is 19.7 Å². The molecular formula is C21H22N4O5. The van der Waals surface area contributed by atoms with Crippen molar-refractivity contribution in [2.45, 2.75) is 13.3 Å². The van der Waals surface area contributed by atoms with Crippen LogP contribution < -0.4 is 15.8 Å². The summed E-state index contributed by atoms with van der Waals surface area (Å²) in [5, 5.41) is 23.3. The number of aryl methyl sites for hydroxylation is 1. The molecule has 0 aliphatic heterocycles. The molecule has 2 aromatic carbocycles. The Morgan fingerprint density at radius 1 is 1.17 bits per heavy atom. The molecule has 0 saturated heterocycles. The van der Waals surface area contributed by atoms with Crippen LogP contribution in [-0.2, 0) is 16.0 Å². The lowest BCUT2D eigenvalue weighted by atomic mass is 9.98. The first-order valence-corrected chi connectivity index (χ1v) is 9.29. The van der Waals surface area contributed by atoms with Crippen LogP contribution in [0, 0.1) is 6.92 Å². The fourth-order valence-corrected chi connectivity index (χ4v) is 3.02. The van der Waals surface area contributed by atoms with Crippen LogP contribution in [0.1, 0.15) is 11.3 Å². The zero-order valence-electron chi connectivity index (χ0n) is 16.4. The summed E-state index contributed by atoms with van der Waals surface area (Å²) in [7, 11) is 0. The number of carbonyl (C=O) groups excluding carboxylic acids is 1. The SMILES string of the molecule is Cc1cc(OCC(=O)O)nc(-c2ccc3c(CC(=O)NCCN)c(O)ccc3c2)n1. The highest BCUT2D eigenvalue weighted by molar-refractivity contribution is 5.94. The van der Waals surface area contributed by atoms with Gasteiger partial charge in [-0.3, -0.25) is 4.79 Å². The quantitative estimate of drug-likeness (QED) is 0.435. The van der Waals surface area contributed by atoms with Gasteiger partial charge in [0.2, 0.25) is 11.8 Å². The van der Waals surface area contributed by atoms with E-state index >= 15 is 0 Å². The van der Waals surface area contributed by atoms with E-state index in [0.717, 1.165) is 10.8 Å². The van der Waals surface area contributed by atoms with Crippen molar-refractivity contribution in [3.05, 3.63) is 47.7 Å². The molecule has 0 spiro atoms. The molecule has 9 nitrogen and oxygen atoms in total. The summed E-state index contributed by atoms with van der Waals surface area (Å²) in [5.41, 5.74) is 7.24. The van der Waals surface area contributed by atoms with Gasteiger partial charge >= 0.3 is 5.97 Å². The van der Waals surface area contributed by atoms with Crippen LogP contribution in [0.3, 0.4) is 0 Å². The van der Waals surface area contributed by atoms with Crippen LogP contribution >= 0.6 is 0 Å². The van der Waals surface area contributed by atoms with Gasteiger partial charge in [0, 0.05) is 36.0 Å². The first-order valence-electron chi connectivity index (χ1n) is 9.29. The second-order valence-electron chi connectivity index (χ2n) is 6.67. The number of rotatable bonds is 8. The Morgan fingerprint density at radius 3 is 2.70 bits per heavy atom. The zero-order chi connectivity index (χ0) is 21.7. The summed E-state index contributed by atoms with van der Waals surface area (Å²) >= 11 is 0. The molecule has 3 aromatic rings. The number of carboxylic acids is 1. The van der Waals surface area contributed by atoms with Crippen LogP contribution in [0.5, 0.6) is 11.6 Å². The van der Waals surface area contributed by atoms with Gasteiger partial charge in [-0.2, -0.15) is 4.98 Å². The molecule has 1 heterocycles. The van der Waals surface area contributed by atoms with E-state index in [1.807, 2.05) is 6.07 Å². The highest BCUT2D eigenvalue weighted by atomic mass is 16.5. The lowest BCUT2D eigenvalue weighted by Gasteiger charge is -2.11. The van der Waals surface area contributed by atoms with Gasteiger partial charge in [-0.15, -0.1) is 0 Å². The Morgan fingerprint density at radius 2 is 1.97 bits per heavy atom. The number of hydrogen-bond acceptors (Lipinski definition) is 7. The number of aromatic hydroxyl groups is 1. The minimum atomic E-state index is -1.10. The Bertz CT molecular complexity index is 1100. The fourth-order valence-electron chi connectivity index (χ4n) is 3.02. The molecule has 156 valence electrons. The van der Waals surface area contributed by atoms with E-state index in [9.17, 15) is 14.7 Å². The molecule has 0 atom stereocenters. The van der Waals surface area contributed by atoms with Crippen molar-refractivity contribution in [1.82, 2.24) is 15.3 Å². The number of phenolic OH excluding ortho intramolecular Hbond substituents is 1. The van der Waals surface area contributed by atoms with E-state index in [-0.39, 0.29) is 24.0 Å². The van der Waals surface area contributed by atoms with E-state index in [0.29, 0.717) is 35.7 Å². The predicted molar refractivity (Wildman–Crippen MR) is 110 cm³/mol. The second-order valence-corrected chi connectivity index (χ2v) is 6.67. The number of amides is 1. The lowest BCUT2D eigenvalue weighted by molar-refractivity contribution is -0.139. The van der Waals surface area contributed by atoms with Crippen molar-refractivity contribution in [3.8, 4) is 23.0 Å². The number of benzene rings is 2. The van der Waals surface area contributed by atoms with E-state index in [1.54, 1.807) is 31.2 Å². The van der Waals surface area contributed by atoms with Gasteiger partial charge in [-0.05, 0) is 29.8 Å². The third-order valence-electron chi connectivity index (χ3n) is 4.34. The topological polar surface area (TPSA) is 148 Å². The highest BCUT2D eigenvalue weighted by Gasteiger charge is 2.14. The Labute approximate surface area is 172 Å². The van der Waals surface area contributed by atoms with Crippen molar-refractivity contribution in [2.24, 2.45) is 5.73 Å². The predicted octanol–water partition coefficient (Wildman–Crippen LogP) is 1.39. The molecule has 0 bridgehead atoms. The maximum absolute atomic E-state index is 12.1. The summed E-state index contributed by atoms with van der Waals surface area (Å²) in [4.78, 5) is 31.5. The van der Waals surface area contributed by atoms with Crippen LogP contribution in [0.2, 0.25) is 0 Å². The summed E-state index contributed by atoms with van der Waals surface area (Å²) in [5.74, 6) is -0.735. The molecule has 0 aliphatic rings. The smallest absolute Gasteiger partial charge is 0.341 e. The molecule has 0 saturated carbocycles. The van der Waals surface area contributed by atoms with E-state index in [2.05, 4.69) is 15.3 Å². The highest BCUT2D eigenvalue weighted by Crippen LogP contribution is 2.31. The van der Waals surface area contributed by atoms with E-state index in [4.69, 9.17) is 15.6 Å². The molecule has 0 aliphatic carbocycles. The largest absolute Gasteiger partial charge is 0.508 e. The van der Waals surface area contributed by atoms with Gasteiger partial charge in [0.25, 0.3) is 0 Å². The Kier molecular flexibility index (Phi) is 6.43. The summed E-state index contributed by atoms with van der Waals surface area (Å²) in [6.45, 7) is 1.97. The Hall–Kier alpha value is -3.72. The molecule has 1 amide bonds. The third-order valence-corrected chi connectivity index (χ3v) is 4.34. The van der Waals surface area contributed by atoms with E-state index in [1.165, 1.54) is 6.07 Å². The standard InChI is InChI=1S/C21H22N4O5/c1-12-8-19(30-11-20(28)29)25-21(24-12)14-2-4-15-13(9-14)3-5-17(26)16(15)10-18(27)23-7-6-22/h2-5,8-9,26H,6-7,10-11,22H2,1H3,(H,23,27)(H,28,29). The van der Waals surface area contributed by atoms with Crippen LogP contribution in [0.4, 0.5) is 0 Å². The molecule has 0 fully saturated rings. The number of aliphatic carboxylic acids is 1. The molecule has 3 rings (SSSR count). The first-order chi connectivity index (χ1) is 14.4. The maximum atomic E-state index is 12.1. The van der Waals surface area contributed by atoms with Gasteiger partial charge in [-0.25, -0.2) is 9.78 Å². The summed E-state index contributed by atoms with van der Waals surface area (Å²) < 4.78 is 5.17. The minimum absolute atomic E-state index is 0.0244. The number of aromatic nitrogens is 2. The van der Waals surface area contributed by atoms with Gasteiger partial charge in [0.05, 0.1) is 6.42 Å². The number of nitrogens with zero attached hydrogens (tertiary/aromatic N) is 2. The lowest BCUT2D eigenvalue weighted by Crippen LogP contribution is -2.30. The normalized spacial score (nSPS) is 10.7. The fraction of sp³-hybridized carbons (Fsp3) is 0.238. The second kappa shape index (κ2) is 9.19. The van der Waals surface area contributed by atoms with Gasteiger partial charge in [-0.1, -0.05) is 18.2 Å². The molecule has 0 radical (unpaired) electrons. The number of carbonyl (C=O) groups is 2. The van der Waals surface area contributed by atoms with Gasteiger partial charge in [0.1, 0.15) is 5.75 Å². The molecule has 30 heavy (non-hydrogen) atoms. The molecule has 9 heteroatoms. The number of fused-ring (bicyclic) bond motifs is 1. The average Bonchev–Trinajstić information content (AvgIpc) is 2.72. The molecular weight excluding hydrogens is 388 g/mol. The molecule has 0 unspecified atom stereocenters. The number of nitrogens with two attached hydrogens (primary N) is 1. The molecule has 5 N–H and O–H groups in total. The first kappa shape index (κ1) is 21.0. The summed E-state index contributed by atoms with van der Waals surface area (Å²) in [6.07, 6.45) is 0.0244. The number of hydrogen-bond donors (Lipinski definition) is 4. The Balaban J connectivity index is 1.95. The van der Waals surface area contributed by atoms with Gasteiger partial charge in [0.15, 0.2) is 12.4 Å². The van der Waals surface area contributed by atoms with Gasteiger partial charge < -0.3 is 26.0 Å². The molecule has 1 aromatic heterocycles. The number of nitrogens with one attached hydrogen (secondary N) is 1. The van der Waals surface area contributed by atoms with Crippen molar-refractivity contribution >= 4 is 22.6 Å².